The third-order valence-electron chi connectivity index (χ3n) is 4.23. The molecule has 0 aliphatic carbocycles. The zero-order chi connectivity index (χ0) is 15.1. The van der Waals surface area contributed by atoms with Crippen LogP contribution in [0.5, 0.6) is 0 Å². The van der Waals surface area contributed by atoms with Crippen LogP contribution < -0.4 is 5.73 Å². The Balaban J connectivity index is 2.04. The Morgan fingerprint density at radius 1 is 1.33 bits per heavy atom. The van der Waals surface area contributed by atoms with E-state index in [4.69, 9.17) is 10.2 Å². The summed E-state index contributed by atoms with van der Waals surface area (Å²) in [6.07, 6.45) is 5.46. The molecule has 0 bridgehead atoms. The summed E-state index contributed by atoms with van der Waals surface area (Å²) in [7, 11) is 0. The molecule has 2 heterocycles. The number of nitrogens with zero attached hydrogens (tertiary/aromatic N) is 3. The number of likely N-dealkylation sites (tertiary alicyclic amines) is 1. The molecule has 5 nitrogen and oxygen atoms in total. The molecule has 0 saturated carbocycles. The molecule has 1 saturated heterocycles. The van der Waals surface area contributed by atoms with Gasteiger partial charge < -0.3 is 15.1 Å². The zero-order valence-corrected chi connectivity index (χ0v) is 13.3. The van der Waals surface area contributed by atoms with Crippen molar-refractivity contribution in [3.63, 3.8) is 0 Å². The lowest BCUT2D eigenvalue weighted by Gasteiger charge is -2.29. The number of furan rings is 1. The van der Waals surface area contributed by atoms with Crippen molar-refractivity contribution in [1.29, 1.82) is 0 Å². The highest BCUT2D eigenvalue weighted by Gasteiger charge is 2.21. The van der Waals surface area contributed by atoms with Crippen molar-refractivity contribution >= 4 is 5.96 Å². The van der Waals surface area contributed by atoms with Gasteiger partial charge in [-0.3, -0.25) is 9.89 Å². The fourth-order valence-electron chi connectivity index (χ4n) is 2.93. The smallest absolute Gasteiger partial charge is 0.191 e. The highest BCUT2D eigenvalue weighted by molar-refractivity contribution is 5.78. The zero-order valence-electron chi connectivity index (χ0n) is 13.3. The van der Waals surface area contributed by atoms with Crippen LogP contribution in [0.15, 0.2) is 27.8 Å². The first-order valence-corrected chi connectivity index (χ1v) is 8.08. The topological polar surface area (TPSA) is 58.0 Å². The highest BCUT2D eigenvalue weighted by Crippen LogP contribution is 2.21. The van der Waals surface area contributed by atoms with E-state index in [1.54, 1.807) is 6.26 Å². The molecular formula is C16H28N4O. The van der Waals surface area contributed by atoms with E-state index in [-0.39, 0.29) is 6.04 Å². The van der Waals surface area contributed by atoms with Crippen molar-refractivity contribution in [2.45, 2.75) is 39.2 Å². The van der Waals surface area contributed by atoms with E-state index in [9.17, 15) is 0 Å². The maximum atomic E-state index is 6.16. The molecule has 5 heteroatoms. The summed E-state index contributed by atoms with van der Waals surface area (Å²) in [5.41, 5.74) is 6.16. The number of rotatable bonds is 6. The molecule has 2 rings (SSSR count). The Hall–Kier alpha value is -1.49. The molecule has 0 spiro atoms. The average Bonchev–Trinajstić information content (AvgIpc) is 3.06. The van der Waals surface area contributed by atoms with Gasteiger partial charge in [-0.05, 0) is 44.5 Å². The van der Waals surface area contributed by atoms with Crippen molar-refractivity contribution < 1.29 is 4.42 Å². The largest absolute Gasteiger partial charge is 0.468 e. The lowest BCUT2D eigenvalue weighted by atomic mass is 10.1. The molecule has 2 N–H and O–H groups in total. The highest BCUT2D eigenvalue weighted by atomic mass is 16.3. The predicted molar refractivity (Wildman–Crippen MR) is 86.3 cm³/mol. The summed E-state index contributed by atoms with van der Waals surface area (Å²) < 4.78 is 5.59. The first-order valence-electron chi connectivity index (χ1n) is 8.08. The van der Waals surface area contributed by atoms with Gasteiger partial charge in [0, 0.05) is 13.1 Å². The Kier molecular flexibility index (Phi) is 6.11. The van der Waals surface area contributed by atoms with Gasteiger partial charge >= 0.3 is 0 Å². The maximum absolute atomic E-state index is 6.16. The Morgan fingerprint density at radius 3 is 2.62 bits per heavy atom. The minimum atomic E-state index is 0.165. The van der Waals surface area contributed by atoms with Crippen LogP contribution in [-0.2, 0) is 0 Å². The number of hydrogen-bond donors (Lipinski definition) is 1. The van der Waals surface area contributed by atoms with Crippen LogP contribution in [0.25, 0.3) is 0 Å². The standard InChI is InChI=1S/C16H28N4O/c1-3-19(4-2)14(15-9-8-12-21-15)13-18-16(17)20-10-6-5-7-11-20/h8-9,12,14H,3-7,10-11,13H2,1-2H3,(H2,17,18). The molecule has 1 atom stereocenters. The van der Waals surface area contributed by atoms with Gasteiger partial charge in [0.2, 0.25) is 0 Å². The van der Waals surface area contributed by atoms with Crippen LogP contribution in [0.1, 0.15) is 44.9 Å². The first-order chi connectivity index (χ1) is 10.3. The van der Waals surface area contributed by atoms with E-state index in [2.05, 4.69) is 28.6 Å². The summed E-state index contributed by atoms with van der Waals surface area (Å²) in [4.78, 5) is 9.19. The lowest BCUT2D eigenvalue weighted by molar-refractivity contribution is 0.197. The second kappa shape index (κ2) is 8.08. The minimum absolute atomic E-state index is 0.165. The van der Waals surface area contributed by atoms with E-state index in [0.29, 0.717) is 12.5 Å². The number of piperidine rings is 1. The maximum Gasteiger partial charge on any atom is 0.191 e. The van der Waals surface area contributed by atoms with Crippen LogP contribution in [0.3, 0.4) is 0 Å². The number of aliphatic imine (C=N–C) groups is 1. The monoisotopic (exact) mass is 292 g/mol. The SMILES string of the molecule is CCN(CC)C(CN=C(N)N1CCCCC1)c1ccco1. The Labute approximate surface area is 127 Å². The summed E-state index contributed by atoms with van der Waals surface area (Å²) in [6.45, 7) is 8.99. The molecule has 118 valence electrons. The molecule has 0 amide bonds. The Bertz CT molecular complexity index is 419. The minimum Gasteiger partial charge on any atom is -0.468 e. The van der Waals surface area contributed by atoms with Gasteiger partial charge in [-0.15, -0.1) is 0 Å². The van der Waals surface area contributed by atoms with Crippen molar-refractivity contribution in [1.82, 2.24) is 9.80 Å². The second-order valence-corrected chi connectivity index (χ2v) is 5.50. The van der Waals surface area contributed by atoms with Crippen LogP contribution in [0.2, 0.25) is 0 Å². The van der Waals surface area contributed by atoms with Crippen LogP contribution in [0, 0.1) is 0 Å². The van der Waals surface area contributed by atoms with Gasteiger partial charge in [0.05, 0.1) is 18.8 Å². The van der Waals surface area contributed by atoms with E-state index >= 15 is 0 Å². The van der Waals surface area contributed by atoms with Gasteiger partial charge in [-0.2, -0.15) is 0 Å². The second-order valence-electron chi connectivity index (χ2n) is 5.50. The molecule has 1 aliphatic rings. The van der Waals surface area contributed by atoms with Crippen molar-refractivity contribution in [2.24, 2.45) is 10.7 Å². The molecule has 21 heavy (non-hydrogen) atoms. The summed E-state index contributed by atoms with van der Waals surface area (Å²) in [6, 6.07) is 4.12. The molecule has 0 radical (unpaired) electrons. The first kappa shape index (κ1) is 15.9. The summed E-state index contributed by atoms with van der Waals surface area (Å²) in [5, 5.41) is 0. The number of guanidine groups is 1. The molecular weight excluding hydrogens is 264 g/mol. The van der Waals surface area contributed by atoms with Crippen molar-refractivity contribution in [2.75, 3.05) is 32.7 Å². The average molecular weight is 292 g/mol. The van der Waals surface area contributed by atoms with Crippen LogP contribution >= 0.6 is 0 Å². The third-order valence-corrected chi connectivity index (χ3v) is 4.23. The van der Waals surface area contributed by atoms with E-state index < -0.39 is 0 Å². The van der Waals surface area contributed by atoms with Crippen LogP contribution in [0.4, 0.5) is 0 Å². The molecule has 1 aromatic heterocycles. The van der Waals surface area contributed by atoms with Gasteiger partial charge in [0.25, 0.3) is 0 Å². The Morgan fingerprint density at radius 2 is 2.05 bits per heavy atom. The van der Waals surface area contributed by atoms with E-state index in [0.717, 1.165) is 31.9 Å². The molecule has 1 fully saturated rings. The van der Waals surface area contributed by atoms with Gasteiger partial charge in [0.15, 0.2) is 5.96 Å². The molecule has 0 aromatic carbocycles. The van der Waals surface area contributed by atoms with Gasteiger partial charge in [-0.1, -0.05) is 13.8 Å². The van der Waals surface area contributed by atoms with Crippen LogP contribution in [-0.4, -0.2) is 48.5 Å². The summed E-state index contributed by atoms with van der Waals surface area (Å²) in [5.74, 6) is 1.65. The van der Waals surface area contributed by atoms with Gasteiger partial charge in [0.1, 0.15) is 5.76 Å². The predicted octanol–water partition coefficient (Wildman–Crippen LogP) is 2.46. The molecule has 1 aromatic rings. The van der Waals surface area contributed by atoms with Crippen molar-refractivity contribution in [3.05, 3.63) is 24.2 Å². The number of hydrogen-bond acceptors (Lipinski definition) is 3. The lowest BCUT2D eigenvalue weighted by Crippen LogP contribution is -2.41. The normalized spacial score (nSPS) is 18.2. The van der Waals surface area contributed by atoms with E-state index in [1.807, 2.05) is 12.1 Å². The molecule has 1 aliphatic heterocycles. The van der Waals surface area contributed by atoms with Gasteiger partial charge in [-0.25, -0.2) is 0 Å². The summed E-state index contributed by atoms with van der Waals surface area (Å²) >= 11 is 0. The fourth-order valence-corrected chi connectivity index (χ4v) is 2.93. The fraction of sp³-hybridized carbons (Fsp3) is 0.688. The van der Waals surface area contributed by atoms with Crippen molar-refractivity contribution in [3.8, 4) is 0 Å². The molecule has 1 unspecified atom stereocenters. The third kappa shape index (κ3) is 4.24. The van der Waals surface area contributed by atoms with E-state index in [1.165, 1.54) is 19.3 Å². The number of nitrogens with two attached hydrogens (primary N) is 1. The quantitative estimate of drug-likeness (QED) is 0.646. The number of likely N-dealkylation sites (N-methyl/N-ethyl adjacent to an activating group) is 1.